The lowest BCUT2D eigenvalue weighted by Crippen LogP contribution is -2.27. The Hall–Kier alpha value is -1.93. The standard InChI is InChI=1S/C17H10Cl2N2O3S2/c1-9-3-2-4-11(5-9)20-16(22)15(26-17(20)25)7-10-6-14(21(23)24)13(19)8-12(10)18/h2-8H,1H3/b15-7+. The zero-order chi connectivity index (χ0) is 19.0. The van der Waals surface area contributed by atoms with E-state index in [-0.39, 0.29) is 21.6 Å². The number of carbonyl (C=O) groups is 1. The first kappa shape index (κ1) is 18.8. The second-order valence-corrected chi connectivity index (χ2v) is 7.93. The molecular weight excluding hydrogens is 415 g/mol. The minimum atomic E-state index is -0.603. The Morgan fingerprint density at radius 1 is 1.23 bits per heavy atom. The van der Waals surface area contributed by atoms with Crippen molar-refractivity contribution in [2.24, 2.45) is 0 Å². The van der Waals surface area contributed by atoms with E-state index in [9.17, 15) is 14.9 Å². The number of halogens is 2. The Kier molecular flexibility index (Phi) is 5.34. The van der Waals surface area contributed by atoms with Crippen LogP contribution < -0.4 is 4.90 Å². The van der Waals surface area contributed by atoms with Gasteiger partial charge in [0, 0.05) is 16.7 Å². The van der Waals surface area contributed by atoms with Crippen molar-refractivity contribution in [3.05, 3.63) is 72.6 Å². The molecule has 1 aliphatic rings. The van der Waals surface area contributed by atoms with Crippen molar-refractivity contribution in [3.8, 4) is 0 Å². The molecule has 26 heavy (non-hydrogen) atoms. The summed E-state index contributed by atoms with van der Waals surface area (Å²) < 4.78 is 0.381. The predicted octanol–water partition coefficient (Wildman–Crippen LogP) is 5.62. The number of nitro groups is 1. The Labute approximate surface area is 168 Å². The predicted molar refractivity (Wildman–Crippen MR) is 110 cm³/mol. The summed E-state index contributed by atoms with van der Waals surface area (Å²) in [5, 5.41) is 11.2. The van der Waals surface area contributed by atoms with Gasteiger partial charge in [-0.15, -0.1) is 0 Å². The summed E-state index contributed by atoms with van der Waals surface area (Å²) in [5.41, 5.74) is 1.71. The Bertz CT molecular complexity index is 992. The van der Waals surface area contributed by atoms with Crippen LogP contribution in [0, 0.1) is 17.0 Å². The second kappa shape index (κ2) is 7.36. The number of benzene rings is 2. The molecule has 0 aromatic heterocycles. The summed E-state index contributed by atoms with van der Waals surface area (Å²) in [6, 6.07) is 9.93. The number of nitrogens with zero attached hydrogens (tertiary/aromatic N) is 2. The highest BCUT2D eigenvalue weighted by molar-refractivity contribution is 8.27. The first-order chi connectivity index (χ1) is 12.3. The van der Waals surface area contributed by atoms with Crippen LogP contribution in [-0.4, -0.2) is 15.2 Å². The number of hydrogen-bond acceptors (Lipinski definition) is 5. The number of anilines is 1. The lowest BCUT2D eigenvalue weighted by Gasteiger charge is -2.14. The van der Waals surface area contributed by atoms with Gasteiger partial charge in [0.15, 0.2) is 4.32 Å². The molecule has 0 bridgehead atoms. The van der Waals surface area contributed by atoms with Crippen LogP contribution in [0.3, 0.4) is 0 Å². The molecule has 3 rings (SSSR count). The molecule has 1 fully saturated rings. The van der Waals surface area contributed by atoms with Gasteiger partial charge in [0.05, 0.1) is 15.5 Å². The van der Waals surface area contributed by atoms with E-state index in [1.807, 2.05) is 25.1 Å². The lowest BCUT2D eigenvalue weighted by molar-refractivity contribution is -0.384. The van der Waals surface area contributed by atoms with Crippen LogP contribution >= 0.6 is 47.2 Å². The first-order valence-electron chi connectivity index (χ1n) is 7.26. The van der Waals surface area contributed by atoms with E-state index in [1.165, 1.54) is 23.1 Å². The highest BCUT2D eigenvalue weighted by atomic mass is 35.5. The van der Waals surface area contributed by atoms with Crippen molar-refractivity contribution < 1.29 is 9.72 Å². The van der Waals surface area contributed by atoms with Gasteiger partial charge in [-0.05, 0) is 36.8 Å². The zero-order valence-corrected chi connectivity index (χ0v) is 16.4. The molecule has 0 saturated carbocycles. The molecule has 1 saturated heterocycles. The Morgan fingerprint density at radius 2 is 1.96 bits per heavy atom. The van der Waals surface area contributed by atoms with Crippen LogP contribution in [-0.2, 0) is 4.79 Å². The number of hydrogen-bond donors (Lipinski definition) is 0. The van der Waals surface area contributed by atoms with Gasteiger partial charge in [0.2, 0.25) is 0 Å². The van der Waals surface area contributed by atoms with Crippen LogP contribution in [0.5, 0.6) is 0 Å². The molecule has 0 atom stereocenters. The van der Waals surface area contributed by atoms with Crippen LogP contribution in [0.4, 0.5) is 11.4 Å². The number of nitro benzene ring substituents is 1. The molecule has 2 aromatic rings. The largest absolute Gasteiger partial charge is 0.288 e. The number of carbonyl (C=O) groups excluding carboxylic acids is 1. The highest BCUT2D eigenvalue weighted by Gasteiger charge is 2.33. The normalized spacial score (nSPS) is 15.8. The van der Waals surface area contributed by atoms with Gasteiger partial charge in [-0.2, -0.15) is 0 Å². The number of amides is 1. The van der Waals surface area contributed by atoms with Crippen molar-refractivity contribution >= 4 is 74.9 Å². The minimum Gasteiger partial charge on any atom is -0.268 e. The fourth-order valence-corrected chi connectivity index (χ4v) is 4.20. The monoisotopic (exact) mass is 424 g/mol. The molecule has 1 heterocycles. The van der Waals surface area contributed by atoms with Crippen LogP contribution in [0.2, 0.25) is 10.0 Å². The lowest BCUT2D eigenvalue weighted by atomic mass is 10.1. The smallest absolute Gasteiger partial charge is 0.268 e. The summed E-state index contributed by atoms with van der Waals surface area (Å²) in [5.74, 6) is -0.306. The maximum Gasteiger partial charge on any atom is 0.288 e. The third-order valence-corrected chi connectivity index (χ3v) is 5.54. The van der Waals surface area contributed by atoms with E-state index >= 15 is 0 Å². The average molecular weight is 425 g/mol. The van der Waals surface area contributed by atoms with E-state index in [0.29, 0.717) is 20.5 Å². The van der Waals surface area contributed by atoms with Crippen molar-refractivity contribution in [3.63, 3.8) is 0 Å². The van der Waals surface area contributed by atoms with Gasteiger partial charge in [-0.3, -0.25) is 19.8 Å². The van der Waals surface area contributed by atoms with Crippen LogP contribution in [0.1, 0.15) is 11.1 Å². The highest BCUT2D eigenvalue weighted by Crippen LogP contribution is 2.38. The van der Waals surface area contributed by atoms with Crippen LogP contribution in [0.15, 0.2) is 41.3 Å². The molecule has 0 spiro atoms. The number of aryl methyl sites for hydroxylation is 1. The molecule has 0 radical (unpaired) electrons. The topological polar surface area (TPSA) is 63.5 Å². The van der Waals surface area contributed by atoms with Crippen LogP contribution in [0.25, 0.3) is 6.08 Å². The minimum absolute atomic E-state index is 0.0653. The van der Waals surface area contributed by atoms with Gasteiger partial charge >= 0.3 is 0 Å². The summed E-state index contributed by atoms with van der Waals surface area (Å²) in [6.07, 6.45) is 1.49. The molecule has 2 aromatic carbocycles. The van der Waals surface area contributed by atoms with E-state index in [2.05, 4.69) is 0 Å². The number of thiocarbonyl (C=S) groups is 1. The zero-order valence-electron chi connectivity index (χ0n) is 13.2. The average Bonchev–Trinajstić information content (AvgIpc) is 2.83. The van der Waals surface area contributed by atoms with Gasteiger partial charge in [0.1, 0.15) is 5.02 Å². The Morgan fingerprint density at radius 3 is 2.62 bits per heavy atom. The maximum atomic E-state index is 12.8. The van der Waals surface area contributed by atoms with Gasteiger partial charge in [-0.1, -0.05) is 59.3 Å². The van der Waals surface area contributed by atoms with Gasteiger partial charge < -0.3 is 0 Å². The molecule has 0 unspecified atom stereocenters. The summed E-state index contributed by atoms with van der Waals surface area (Å²) in [7, 11) is 0. The second-order valence-electron chi connectivity index (χ2n) is 5.44. The molecule has 0 N–H and O–H groups in total. The van der Waals surface area contributed by atoms with Crippen molar-refractivity contribution in [1.29, 1.82) is 0 Å². The van der Waals surface area contributed by atoms with Crippen molar-refractivity contribution in [2.45, 2.75) is 6.92 Å². The molecule has 0 aliphatic carbocycles. The third-order valence-electron chi connectivity index (χ3n) is 3.60. The third kappa shape index (κ3) is 3.61. The molecule has 1 amide bonds. The molecule has 132 valence electrons. The number of rotatable bonds is 3. The van der Waals surface area contributed by atoms with E-state index in [4.69, 9.17) is 35.4 Å². The molecule has 1 aliphatic heterocycles. The molecule has 9 heteroatoms. The Balaban J connectivity index is 2.01. The SMILES string of the molecule is Cc1cccc(N2C(=O)/C(=C\c3cc([N+](=O)[O-])c(Cl)cc3Cl)SC2=S)c1. The summed E-state index contributed by atoms with van der Waals surface area (Å²) in [6.45, 7) is 1.92. The van der Waals surface area contributed by atoms with Gasteiger partial charge in [-0.25, -0.2) is 0 Å². The van der Waals surface area contributed by atoms with Crippen molar-refractivity contribution in [1.82, 2.24) is 0 Å². The summed E-state index contributed by atoms with van der Waals surface area (Å²) in [4.78, 5) is 25.0. The van der Waals surface area contributed by atoms with Gasteiger partial charge in [0.25, 0.3) is 11.6 Å². The fourth-order valence-electron chi connectivity index (χ4n) is 2.40. The van der Waals surface area contributed by atoms with E-state index in [1.54, 1.807) is 6.07 Å². The van der Waals surface area contributed by atoms with E-state index < -0.39 is 4.92 Å². The van der Waals surface area contributed by atoms with E-state index in [0.717, 1.165) is 17.3 Å². The number of thioether (sulfide) groups is 1. The quantitative estimate of drug-likeness (QED) is 0.277. The molecular formula is C17H10Cl2N2O3S2. The summed E-state index contributed by atoms with van der Waals surface area (Å²) >= 11 is 18.4. The fraction of sp³-hybridized carbons (Fsp3) is 0.0588. The molecule has 5 nitrogen and oxygen atoms in total. The van der Waals surface area contributed by atoms with Crippen molar-refractivity contribution in [2.75, 3.05) is 4.90 Å². The first-order valence-corrected chi connectivity index (χ1v) is 9.24. The maximum absolute atomic E-state index is 12.8.